The fraction of sp³-hybridized carbons (Fsp3) is 0.444. The van der Waals surface area contributed by atoms with Gasteiger partial charge in [-0.3, -0.25) is 0 Å². The second-order valence-electron chi connectivity index (χ2n) is 6.52. The molecule has 2 aromatic rings. The summed E-state index contributed by atoms with van der Waals surface area (Å²) in [7, 11) is 0. The van der Waals surface area contributed by atoms with Crippen LogP contribution in [0, 0.1) is 6.92 Å². The Balaban J connectivity index is 0.00000182. The zero-order chi connectivity index (χ0) is 16.5. The van der Waals surface area contributed by atoms with E-state index in [4.69, 9.17) is 21.4 Å². The molecule has 134 valence electrons. The van der Waals surface area contributed by atoms with Gasteiger partial charge in [-0.15, -0.1) is 11.3 Å². The topological polar surface area (TPSA) is 51.1 Å². The van der Waals surface area contributed by atoms with Crippen LogP contribution in [0.15, 0.2) is 28.7 Å². The van der Waals surface area contributed by atoms with E-state index in [9.17, 15) is 0 Å². The van der Waals surface area contributed by atoms with Crippen LogP contribution in [0.1, 0.15) is 53.1 Å². The molecule has 0 bridgehead atoms. The maximum Gasteiger partial charge on any atom is 0.160 e. The highest BCUT2D eigenvalue weighted by atomic mass is 35.5. The number of halogens is 2. The van der Waals surface area contributed by atoms with Crippen LogP contribution in [0.3, 0.4) is 0 Å². The van der Waals surface area contributed by atoms with Gasteiger partial charge in [0.2, 0.25) is 0 Å². The molecule has 4 rings (SSSR count). The summed E-state index contributed by atoms with van der Waals surface area (Å²) in [5.41, 5.74) is 4.08. The van der Waals surface area contributed by atoms with Crippen LogP contribution in [0.4, 0.5) is 0 Å². The van der Waals surface area contributed by atoms with Crippen molar-refractivity contribution in [3.8, 4) is 0 Å². The zero-order valence-corrected chi connectivity index (χ0v) is 16.4. The molecule has 0 amide bonds. The van der Waals surface area contributed by atoms with Crippen molar-refractivity contribution in [2.75, 3.05) is 13.1 Å². The standard InChI is InChI=1S/C18H20ClN3OS.ClH/c1-11-3-2-4-13(19)17(11)16-9-14(22-23-16)15-10-24-18(21-15)12-5-7-20-8-6-12;/h2-4,10,12,16,20H,5-9H2,1H3;1H. The summed E-state index contributed by atoms with van der Waals surface area (Å²) >= 11 is 8.12. The van der Waals surface area contributed by atoms with Crippen molar-refractivity contribution < 1.29 is 22.6 Å². The average molecular weight is 398 g/mol. The van der Waals surface area contributed by atoms with E-state index < -0.39 is 0 Å². The summed E-state index contributed by atoms with van der Waals surface area (Å²) in [6.07, 6.45) is 3.06. The molecule has 25 heavy (non-hydrogen) atoms. The van der Waals surface area contributed by atoms with Gasteiger partial charge in [0.25, 0.3) is 0 Å². The zero-order valence-electron chi connectivity index (χ0n) is 14.0. The summed E-state index contributed by atoms with van der Waals surface area (Å²) in [6, 6.07) is 5.93. The molecule has 7 heteroatoms. The number of hydrogen-bond acceptors (Lipinski definition) is 4. The molecule has 1 unspecified atom stereocenters. The maximum atomic E-state index is 6.36. The van der Waals surface area contributed by atoms with Gasteiger partial charge in [-0.1, -0.05) is 28.9 Å². The lowest BCUT2D eigenvalue weighted by Gasteiger charge is -2.17. The molecule has 3 heterocycles. The predicted octanol–water partition coefficient (Wildman–Crippen LogP) is 0.415. The molecule has 0 radical (unpaired) electrons. The molecular formula is C18H21Cl2N3OS. The Bertz CT molecular complexity index is 751. The summed E-state index contributed by atoms with van der Waals surface area (Å²) in [5.74, 6) is 0.610. The lowest BCUT2D eigenvalue weighted by atomic mass is 9.98. The van der Waals surface area contributed by atoms with Crippen molar-refractivity contribution in [2.24, 2.45) is 5.16 Å². The number of nitrogens with two attached hydrogens (primary N) is 1. The fourth-order valence-corrected chi connectivity index (χ4v) is 4.86. The first-order valence-corrected chi connectivity index (χ1v) is 9.73. The number of thiazole rings is 1. The molecule has 1 saturated heterocycles. The number of piperidine rings is 1. The Hall–Kier alpha value is -1.14. The molecule has 2 N–H and O–H groups in total. The Labute approximate surface area is 163 Å². The van der Waals surface area contributed by atoms with Crippen molar-refractivity contribution in [3.63, 3.8) is 0 Å². The Kier molecular flexibility index (Phi) is 6.00. The number of hydrogen-bond donors (Lipinski definition) is 1. The van der Waals surface area contributed by atoms with E-state index in [1.165, 1.54) is 30.9 Å². The predicted molar refractivity (Wildman–Crippen MR) is 96.9 cm³/mol. The van der Waals surface area contributed by atoms with E-state index in [1.54, 1.807) is 11.3 Å². The van der Waals surface area contributed by atoms with E-state index in [1.807, 2.05) is 12.1 Å². The Morgan fingerprint density at radius 2 is 2.08 bits per heavy atom. The number of benzene rings is 1. The molecule has 0 saturated carbocycles. The minimum Gasteiger partial charge on any atom is -1.00 e. The Morgan fingerprint density at radius 1 is 1.28 bits per heavy atom. The minimum absolute atomic E-state index is 0. The van der Waals surface area contributed by atoms with Crippen LogP contribution in [-0.4, -0.2) is 23.8 Å². The van der Waals surface area contributed by atoms with Crippen molar-refractivity contribution in [3.05, 3.63) is 50.4 Å². The number of aryl methyl sites for hydroxylation is 1. The first-order chi connectivity index (χ1) is 11.7. The SMILES string of the molecule is Cc1cccc(Cl)c1C1CC(c2csc(C3CC[NH2+]CC3)n2)=NO1.[Cl-]. The number of aromatic nitrogens is 1. The van der Waals surface area contributed by atoms with Crippen molar-refractivity contribution in [2.45, 2.75) is 38.2 Å². The quantitative estimate of drug-likeness (QED) is 0.815. The van der Waals surface area contributed by atoms with E-state index >= 15 is 0 Å². The number of quaternary nitrogens is 1. The van der Waals surface area contributed by atoms with Gasteiger partial charge in [0, 0.05) is 41.1 Å². The van der Waals surface area contributed by atoms with Crippen LogP contribution in [0.2, 0.25) is 5.02 Å². The van der Waals surface area contributed by atoms with Gasteiger partial charge in [0.05, 0.1) is 23.8 Å². The molecule has 2 aliphatic heterocycles. The second kappa shape index (κ2) is 8.04. The largest absolute Gasteiger partial charge is 1.00 e. The molecule has 4 nitrogen and oxygen atoms in total. The van der Waals surface area contributed by atoms with Crippen LogP contribution in [0.5, 0.6) is 0 Å². The van der Waals surface area contributed by atoms with Crippen molar-refractivity contribution >= 4 is 28.6 Å². The third-order valence-corrected chi connectivity index (χ3v) is 6.20. The van der Waals surface area contributed by atoms with Crippen LogP contribution in [-0.2, 0) is 4.84 Å². The van der Waals surface area contributed by atoms with E-state index in [2.05, 4.69) is 28.8 Å². The normalized spacial score (nSPS) is 20.7. The first-order valence-electron chi connectivity index (χ1n) is 8.47. The first kappa shape index (κ1) is 18.6. The minimum atomic E-state index is -0.108. The molecular weight excluding hydrogens is 377 g/mol. The number of oxime groups is 1. The monoisotopic (exact) mass is 397 g/mol. The van der Waals surface area contributed by atoms with Crippen molar-refractivity contribution in [1.82, 2.24) is 4.98 Å². The molecule has 1 aromatic carbocycles. The fourth-order valence-electron chi connectivity index (χ4n) is 3.52. The van der Waals surface area contributed by atoms with Gasteiger partial charge in [0.15, 0.2) is 6.10 Å². The number of rotatable bonds is 3. The van der Waals surface area contributed by atoms with Gasteiger partial charge in [-0.25, -0.2) is 4.98 Å². The number of nitrogens with zero attached hydrogens (tertiary/aromatic N) is 2. The summed E-state index contributed by atoms with van der Waals surface area (Å²) < 4.78 is 0. The highest BCUT2D eigenvalue weighted by Crippen LogP contribution is 2.36. The van der Waals surface area contributed by atoms with Gasteiger partial charge < -0.3 is 22.6 Å². The Morgan fingerprint density at radius 3 is 2.84 bits per heavy atom. The van der Waals surface area contributed by atoms with E-state index in [0.717, 1.165) is 34.0 Å². The molecule has 1 fully saturated rings. The third kappa shape index (κ3) is 3.85. The summed E-state index contributed by atoms with van der Waals surface area (Å²) in [6.45, 7) is 4.47. The van der Waals surface area contributed by atoms with E-state index in [-0.39, 0.29) is 18.5 Å². The second-order valence-corrected chi connectivity index (χ2v) is 7.81. The van der Waals surface area contributed by atoms with E-state index in [0.29, 0.717) is 5.92 Å². The highest BCUT2D eigenvalue weighted by molar-refractivity contribution is 7.09. The molecule has 1 aromatic heterocycles. The molecule has 0 spiro atoms. The summed E-state index contributed by atoms with van der Waals surface area (Å²) in [5, 5.41) is 10.8. The average Bonchev–Trinajstić information content (AvgIpc) is 3.25. The van der Waals surface area contributed by atoms with Gasteiger partial charge >= 0.3 is 0 Å². The van der Waals surface area contributed by atoms with Crippen LogP contribution in [0.25, 0.3) is 0 Å². The van der Waals surface area contributed by atoms with Crippen molar-refractivity contribution in [1.29, 1.82) is 0 Å². The van der Waals surface area contributed by atoms with Gasteiger partial charge in [-0.2, -0.15) is 0 Å². The smallest absolute Gasteiger partial charge is 0.160 e. The highest BCUT2D eigenvalue weighted by Gasteiger charge is 2.29. The lowest BCUT2D eigenvalue weighted by Crippen LogP contribution is -3.00. The lowest BCUT2D eigenvalue weighted by molar-refractivity contribution is -0.663. The van der Waals surface area contributed by atoms with Gasteiger partial charge in [-0.05, 0) is 18.6 Å². The molecule has 1 atom stereocenters. The summed E-state index contributed by atoms with van der Waals surface area (Å²) in [4.78, 5) is 10.5. The molecule has 2 aliphatic rings. The van der Waals surface area contributed by atoms with Gasteiger partial charge in [0.1, 0.15) is 5.71 Å². The van der Waals surface area contributed by atoms with Crippen LogP contribution < -0.4 is 17.7 Å². The maximum absolute atomic E-state index is 6.36. The third-order valence-electron chi connectivity index (χ3n) is 4.87. The molecule has 0 aliphatic carbocycles. The van der Waals surface area contributed by atoms with Crippen LogP contribution >= 0.6 is 22.9 Å².